The summed E-state index contributed by atoms with van der Waals surface area (Å²) in [7, 11) is 0. The summed E-state index contributed by atoms with van der Waals surface area (Å²) in [6.45, 7) is 1.13. The molecule has 0 bridgehead atoms. The van der Waals surface area contributed by atoms with Gasteiger partial charge < -0.3 is 14.4 Å². The third-order valence-electron chi connectivity index (χ3n) is 3.52. The average Bonchev–Trinajstić information content (AvgIpc) is 2.91. The van der Waals surface area contributed by atoms with E-state index in [-0.39, 0.29) is 5.92 Å². The number of hydrogen-bond acceptors (Lipinski definition) is 3. The molecule has 1 atom stereocenters. The largest absolute Gasteiger partial charge is 0.481 e. The van der Waals surface area contributed by atoms with E-state index in [1.54, 1.807) is 6.26 Å². The zero-order valence-electron chi connectivity index (χ0n) is 10.5. The van der Waals surface area contributed by atoms with Crippen molar-refractivity contribution in [3.05, 3.63) is 54.0 Å². The van der Waals surface area contributed by atoms with Crippen molar-refractivity contribution in [2.75, 3.05) is 11.4 Å². The number of nitrogens with zero attached hydrogens (tertiary/aromatic N) is 1. The summed E-state index contributed by atoms with van der Waals surface area (Å²) in [5, 5.41) is 9.26. The van der Waals surface area contributed by atoms with Gasteiger partial charge in [-0.3, -0.25) is 4.79 Å². The Kier molecular flexibility index (Phi) is 2.99. The van der Waals surface area contributed by atoms with Gasteiger partial charge in [-0.2, -0.15) is 0 Å². The molecule has 0 fully saturated rings. The van der Waals surface area contributed by atoms with Crippen molar-refractivity contribution >= 4 is 11.7 Å². The van der Waals surface area contributed by atoms with E-state index >= 15 is 0 Å². The van der Waals surface area contributed by atoms with Gasteiger partial charge in [0.1, 0.15) is 5.76 Å². The average molecular weight is 257 g/mol. The van der Waals surface area contributed by atoms with Crippen molar-refractivity contribution in [1.29, 1.82) is 0 Å². The van der Waals surface area contributed by atoms with Gasteiger partial charge in [0.15, 0.2) is 0 Å². The number of rotatable bonds is 3. The Morgan fingerprint density at radius 3 is 2.89 bits per heavy atom. The lowest BCUT2D eigenvalue weighted by molar-refractivity contribution is -0.141. The first kappa shape index (κ1) is 11.8. The number of anilines is 1. The van der Waals surface area contributed by atoms with Gasteiger partial charge in [0.25, 0.3) is 0 Å². The number of benzene rings is 1. The highest BCUT2D eigenvalue weighted by Crippen LogP contribution is 2.30. The second-order valence-corrected chi connectivity index (χ2v) is 4.83. The molecule has 2 aromatic rings. The van der Waals surface area contributed by atoms with Crippen LogP contribution < -0.4 is 4.90 Å². The maximum atomic E-state index is 11.3. The zero-order chi connectivity index (χ0) is 13.2. The first-order valence-corrected chi connectivity index (χ1v) is 6.32. The quantitative estimate of drug-likeness (QED) is 0.918. The molecule has 0 saturated carbocycles. The van der Waals surface area contributed by atoms with Gasteiger partial charge in [-0.25, -0.2) is 0 Å². The zero-order valence-corrected chi connectivity index (χ0v) is 10.5. The van der Waals surface area contributed by atoms with E-state index in [1.165, 1.54) is 0 Å². The standard InChI is InChI=1S/C15H15NO3/c17-15(18)12-8-11-4-1-2-6-14(11)16(9-12)10-13-5-3-7-19-13/h1-7,12H,8-10H2,(H,17,18). The monoisotopic (exact) mass is 257 g/mol. The highest BCUT2D eigenvalue weighted by Gasteiger charge is 2.29. The number of aliphatic carboxylic acids is 1. The lowest BCUT2D eigenvalue weighted by atomic mass is 9.92. The van der Waals surface area contributed by atoms with Crippen LogP contribution in [0.1, 0.15) is 11.3 Å². The van der Waals surface area contributed by atoms with E-state index < -0.39 is 5.97 Å². The third kappa shape index (κ3) is 2.34. The Labute approximate surface area is 111 Å². The second-order valence-electron chi connectivity index (χ2n) is 4.83. The van der Waals surface area contributed by atoms with E-state index in [1.807, 2.05) is 36.4 Å². The minimum atomic E-state index is -0.737. The van der Waals surface area contributed by atoms with Crippen LogP contribution in [-0.4, -0.2) is 17.6 Å². The van der Waals surface area contributed by atoms with Gasteiger partial charge >= 0.3 is 5.97 Å². The smallest absolute Gasteiger partial charge is 0.308 e. The van der Waals surface area contributed by atoms with Crippen molar-refractivity contribution < 1.29 is 14.3 Å². The topological polar surface area (TPSA) is 53.7 Å². The SMILES string of the molecule is O=C(O)C1Cc2ccccc2N(Cc2ccco2)C1. The maximum Gasteiger partial charge on any atom is 0.308 e. The molecule has 19 heavy (non-hydrogen) atoms. The fourth-order valence-electron chi connectivity index (χ4n) is 2.59. The molecule has 0 spiro atoms. The molecule has 4 nitrogen and oxygen atoms in total. The van der Waals surface area contributed by atoms with Crippen LogP contribution >= 0.6 is 0 Å². The first-order valence-electron chi connectivity index (χ1n) is 6.32. The Morgan fingerprint density at radius 1 is 1.32 bits per heavy atom. The molecule has 1 aliphatic rings. The summed E-state index contributed by atoms with van der Waals surface area (Å²) >= 11 is 0. The Balaban J connectivity index is 1.91. The molecule has 3 rings (SSSR count). The molecule has 0 aliphatic carbocycles. The lowest BCUT2D eigenvalue weighted by Gasteiger charge is -2.33. The predicted molar refractivity (Wildman–Crippen MR) is 71.0 cm³/mol. The van der Waals surface area contributed by atoms with Crippen molar-refractivity contribution in [3.8, 4) is 0 Å². The minimum Gasteiger partial charge on any atom is -0.481 e. The van der Waals surface area contributed by atoms with Crippen LogP contribution in [0.3, 0.4) is 0 Å². The van der Waals surface area contributed by atoms with Crippen LogP contribution in [0, 0.1) is 5.92 Å². The molecular weight excluding hydrogens is 242 g/mol. The second kappa shape index (κ2) is 4.80. The summed E-state index contributed by atoms with van der Waals surface area (Å²) in [5.41, 5.74) is 2.20. The number of hydrogen-bond donors (Lipinski definition) is 1. The van der Waals surface area contributed by atoms with Crippen LogP contribution in [-0.2, 0) is 17.8 Å². The number of carboxylic acids is 1. The van der Waals surface area contributed by atoms with E-state index in [9.17, 15) is 9.90 Å². The minimum absolute atomic E-state index is 0.357. The Bertz CT molecular complexity index is 577. The number of carboxylic acid groups (broad SMARTS) is 1. The Hall–Kier alpha value is -2.23. The molecule has 1 aromatic heterocycles. The summed E-state index contributed by atoms with van der Waals surface area (Å²) in [6.07, 6.45) is 2.24. The third-order valence-corrected chi connectivity index (χ3v) is 3.52. The summed E-state index contributed by atoms with van der Waals surface area (Å²) in [5.74, 6) is -0.246. The van der Waals surface area contributed by atoms with Gasteiger partial charge in [0.05, 0.1) is 18.7 Å². The fraction of sp³-hybridized carbons (Fsp3) is 0.267. The molecule has 1 N–H and O–H groups in total. The number of para-hydroxylation sites is 1. The van der Waals surface area contributed by atoms with Crippen LogP contribution in [0.15, 0.2) is 47.1 Å². The number of carbonyl (C=O) groups is 1. The highest BCUT2D eigenvalue weighted by atomic mass is 16.4. The van der Waals surface area contributed by atoms with Crippen LogP contribution in [0.5, 0.6) is 0 Å². The molecule has 2 heterocycles. The molecule has 0 radical (unpaired) electrons. The summed E-state index contributed by atoms with van der Waals surface area (Å²) in [4.78, 5) is 13.3. The molecule has 98 valence electrons. The summed E-state index contributed by atoms with van der Waals surface area (Å²) < 4.78 is 5.36. The molecule has 1 aromatic carbocycles. The van der Waals surface area contributed by atoms with Gasteiger partial charge in [-0.1, -0.05) is 18.2 Å². The van der Waals surface area contributed by atoms with E-state index in [0.29, 0.717) is 19.5 Å². The van der Waals surface area contributed by atoms with Gasteiger partial charge in [0.2, 0.25) is 0 Å². The van der Waals surface area contributed by atoms with Crippen LogP contribution in [0.25, 0.3) is 0 Å². The molecule has 0 amide bonds. The molecule has 1 unspecified atom stereocenters. The Morgan fingerprint density at radius 2 is 2.16 bits per heavy atom. The normalized spacial score (nSPS) is 18.1. The van der Waals surface area contributed by atoms with Crippen molar-refractivity contribution in [1.82, 2.24) is 0 Å². The lowest BCUT2D eigenvalue weighted by Crippen LogP contribution is -2.38. The van der Waals surface area contributed by atoms with Crippen LogP contribution in [0.2, 0.25) is 0 Å². The van der Waals surface area contributed by atoms with E-state index in [0.717, 1.165) is 17.0 Å². The molecular formula is C15H15NO3. The maximum absolute atomic E-state index is 11.3. The van der Waals surface area contributed by atoms with Crippen LogP contribution in [0.4, 0.5) is 5.69 Å². The molecule has 4 heteroatoms. The number of fused-ring (bicyclic) bond motifs is 1. The highest BCUT2D eigenvalue weighted by molar-refractivity contribution is 5.73. The van der Waals surface area contributed by atoms with Crippen molar-refractivity contribution in [2.45, 2.75) is 13.0 Å². The molecule has 1 aliphatic heterocycles. The van der Waals surface area contributed by atoms with Crippen molar-refractivity contribution in [3.63, 3.8) is 0 Å². The van der Waals surface area contributed by atoms with E-state index in [2.05, 4.69) is 4.90 Å². The van der Waals surface area contributed by atoms with Gasteiger partial charge in [-0.05, 0) is 30.2 Å². The first-order chi connectivity index (χ1) is 9.24. The van der Waals surface area contributed by atoms with Gasteiger partial charge in [-0.15, -0.1) is 0 Å². The van der Waals surface area contributed by atoms with Crippen molar-refractivity contribution in [2.24, 2.45) is 5.92 Å². The molecule has 0 saturated heterocycles. The fourth-order valence-corrected chi connectivity index (χ4v) is 2.59. The summed E-state index contributed by atoms with van der Waals surface area (Å²) in [6, 6.07) is 11.7. The van der Waals surface area contributed by atoms with Gasteiger partial charge in [0, 0.05) is 12.2 Å². The predicted octanol–water partition coefficient (Wildman–Crippen LogP) is 2.54. The van der Waals surface area contributed by atoms with E-state index in [4.69, 9.17) is 4.42 Å². The number of furan rings is 1.